The van der Waals surface area contributed by atoms with Crippen LogP contribution in [0.2, 0.25) is 5.02 Å². The van der Waals surface area contributed by atoms with Gasteiger partial charge in [-0.25, -0.2) is 0 Å². The molecule has 0 aliphatic rings. The van der Waals surface area contributed by atoms with Gasteiger partial charge in [0.2, 0.25) is 0 Å². The molecule has 0 amide bonds. The van der Waals surface area contributed by atoms with Crippen molar-refractivity contribution in [2.24, 2.45) is 0 Å². The molecule has 0 radical (unpaired) electrons. The minimum Gasteiger partial charge on any atom is -0.492 e. The standard InChI is InChI=1S/C10H11Cl2FO/c11-7-8-2-3-10(9(12)6-8)14-5-1-4-13/h2-3,6H,1,4-5,7H2. The lowest BCUT2D eigenvalue weighted by Gasteiger charge is -2.07. The molecule has 0 atom stereocenters. The largest absolute Gasteiger partial charge is 0.492 e. The Balaban J connectivity index is 2.59. The fourth-order valence-electron chi connectivity index (χ4n) is 0.981. The van der Waals surface area contributed by atoms with E-state index in [1.807, 2.05) is 6.07 Å². The summed E-state index contributed by atoms with van der Waals surface area (Å²) < 4.78 is 17.0. The number of rotatable bonds is 5. The van der Waals surface area contributed by atoms with Crippen LogP contribution in [0.1, 0.15) is 12.0 Å². The Morgan fingerprint density at radius 3 is 2.71 bits per heavy atom. The third-order valence-electron chi connectivity index (χ3n) is 1.69. The van der Waals surface area contributed by atoms with Gasteiger partial charge in [-0.3, -0.25) is 4.39 Å². The molecule has 1 aromatic rings. The van der Waals surface area contributed by atoms with Crippen molar-refractivity contribution in [2.75, 3.05) is 13.3 Å². The number of alkyl halides is 2. The van der Waals surface area contributed by atoms with Gasteiger partial charge >= 0.3 is 0 Å². The highest BCUT2D eigenvalue weighted by Crippen LogP contribution is 2.26. The van der Waals surface area contributed by atoms with Crippen LogP contribution < -0.4 is 4.74 Å². The van der Waals surface area contributed by atoms with Crippen LogP contribution >= 0.6 is 23.2 Å². The Morgan fingerprint density at radius 2 is 2.14 bits per heavy atom. The number of hydrogen-bond donors (Lipinski definition) is 0. The second-order valence-corrected chi connectivity index (χ2v) is 3.46. The molecule has 1 nitrogen and oxygen atoms in total. The molecule has 0 heterocycles. The maximum atomic E-state index is 11.8. The quantitative estimate of drug-likeness (QED) is 0.558. The molecule has 0 saturated carbocycles. The summed E-state index contributed by atoms with van der Waals surface area (Å²) in [6, 6.07) is 5.33. The summed E-state index contributed by atoms with van der Waals surface area (Å²) in [5.41, 5.74) is 0.939. The summed E-state index contributed by atoms with van der Waals surface area (Å²) in [5.74, 6) is 0.999. The first-order valence-corrected chi connectivity index (χ1v) is 5.22. The van der Waals surface area contributed by atoms with Gasteiger partial charge in [0.1, 0.15) is 5.75 Å². The van der Waals surface area contributed by atoms with Crippen molar-refractivity contribution >= 4 is 23.2 Å². The Bertz CT molecular complexity index is 291. The van der Waals surface area contributed by atoms with Gasteiger partial charge in [-0.1, -0.05) is 17.7 Å². The van der Waals surface area contributed by atoms with Gasteiger partial charge in [0, 0.05) is 12.3 Å². The third-order valence-corrected chi connectivity index (χ3v) is 2.29. The lowest BCUT2D eigenvalue weighted by molar-refractivity contribution is 0.290. The molecule has 0 spiro atoms. The summed E-state index contributed by atoms with van der Waals surface area (Å²) >= 11 is 11.5. The van der Waals surface area contributed by atoms with Gasteiger partial charge in [0.05, 0.1) is 18.3 Å². The average molecular weight is 237 g/mol. The van der Waals surface area contributed by atoms with E-state index in [2.05, 4.69) is 0 Å². The normalized spacial score (nSPS) is 10.2. The van der Waals surface area contributed by atoms with Crippen molar-refractivity contribution in [1.29, 1.82) is 0 Å². The summed E-state index contributed by atoms with van der Waals surface area (Å²) in [5, 5.41) is 0.516. The smallest absolute Gasteiger partial charge is 0.137 e. The van der Waals surface area contributed by atoms with E-state index < -0.39 is 0 Å². The Kier molecular flexibility index (Phi) is 5.05. The molecule has 4 heteroatoms. The van der Waals surface area contributed by atoms with Crippen LogP contribution in [-0.4, -0.2) is 13.3 Å². The van der Waals surface area contributed by atoms with E-state index in [0.717, 1.165) is 5.56 Å². The first kappa shape index (κ1) is 11.6. The molecule has 0 saturated heterocycles. The van der Waals surface area contributed by atoms with Crippen molar-refractivity contribution < 1.29 is 9.13 Å². The van der Waals surface area contributed by atoms with Crippen LogP contribution in [0.4, 0.5) is 4.39 Å². The molecule has 0 unspecified atom stereocenters. The third kappa shape index (κ3) is 3.35. The minimum absolute atomic E-state index is 0.344. The summed E-state index contributed by atoms with van der Waals surface area (Å²) in [6.07, 6.45) is 0.383. The second kappa shape index (κ2) is 6.10. The van der Waals surface area contributed by atoms with E-state index in [1.54, 1.807) is 12.1 Å². The van der Waals surface area contributed by atoms with Gasteiger partial charge in [-0.2, -0.15) is 0 Å². The van der Waals surface area contributed by atoms with Crippen LogP contribution in [-0.2, 0) is 5.88 Å². The van der Waals surface area contributed by atoms with Crippen LogP contribution in [0.3, 0.4) is 0 Å². The van der Waals surface area contributed by atoms with Crippen molar-refractivity contribution in [3.63, 3.8) is 0 Å². The maximum Gasteiger partial charge on any atom is 0.137 e. The molecule has 0 N–H and O–H groups in total. The summed E-state index contributed by atoms with van der Waals surface area (Å²) in [7, 11) is 0. The Hall–Kier alpha value is -0.470. The molecule has 1 rings (SSSR count). The van der Waals surface area contributed by atoms with Gasteiger partial charge in [-0.15, -0.1) is 11.6 Å². The predicted molar refractivity (Wildman–Crippen MR) is 57.1 cm³/mol. The van der Waals surface area contributed by atoms with Crippen molar-refractivity contribution in [3.05, 3.63) is 28.8 Å². The van der Waals surface area contributed by atoms with Gasteiger partial charge < -0.3 is 4.74 Å². The maximum absolute atomic E-state index is 11.8. The van der Waals surface area contributed by atoms with E-state index in [4.69, 9.17) is 27.9 Å². The number of halogens is 3. The zero-order chi connectivity index (χ0) is 10.4. The van der Waals surface area contributed by atoms with Crippen LogP contribution in [0.5, 0.6) is 5.75 Å². The first-order chi connectivity index (χ1) is 6.77. The molecule has 0 aliphatic heterocycles. The molecule has 0 bridgehead atoms. The molecule has 0 fully saturated rings. The fraction of sp³-hybridized carbons (Fsp3) is 0.400. The lowest BCUT2D eigenvalue weighted by atomic mass is 10.2. The van der Waals surface area contributed by atoms with Crippen molar-refractivity contribution in [1.82, 2.24) is 0 Å². The topological polar surface area (TPSA) is 9.23 Å². The Labute approximate surface area is 92.8 Å². The molecule has 0 aliphatic carbocycles. The lowest BCUT2D eigenvalue weighted by Crippen LogP contribution is -1.98. The van der Waals surface area contributed by atoms with Crippen LogP contribution in [0, 0.1) is 0 Å². The zero-order valence-electron chi connectivity index (χ0n) is 7.60. The van der Waals surface area contributed by atoms with Crippen LogP contribution in [0.15, 0.2) is 18.2 Å². The highest BCUT2D eigenvalue weighted by Gasteiger charge is 2.02. The minimum atomic E-state index is -0.378. The second-order valence-electron chi connectivity index (χ2n) is 2.79. The zero-order valence-corrected chi connectivity index (χ0v) is 9.11. The highest BCUT2D eigenvalue weighted by atomic mass is 35.5. The average Bonchev–Trinajstić information content (AvgIpc) is 2.20. The predicted octanol–water partition coefficient (Wildman–Crippen LogP) is 3.82. The molecule has 1 aromatic carbocycles. The molecular weight excluding hydrogens is 226 g/mol. The number of benzene rings is 1. The van der Waals surface area contributed by atoms with E-state index >= 15 is 0 Å². The van der Waals surface area contributed by atoms with E-state index in [-0.39, 0.29) is 6.67 Å². The van der Waals surface area contributed by atoms with Crippen LogP contribution in [0.25, 0.3) is 0 Å². The van der Waals surface area contributed by atoms with Gasteiger partial charge in [0.25, 0.3) is 0 Å². The van der Waals surface area contributed by atoms with E-state index in [9.17, 15) is 4.39 Å². The monoisotopic (exact) mass is 236 g/mol. The molecule has 78 valence electrons. The molecular formula is C10H11Cl2FO. The van der Waals surface area contributed by atoms with E-state index in [0.29, 0.717) is 29.7 Å². The number of ether oxygens (including phenoxy) is 1. The highest BCUT2D eigenvalue weighted by molar-refractivity contribution is 6.32. The number of hydrogen-bond acceptors (Lipinski definition) is 1. The summed E-state index contributed by atoms with van der Waals surface area (Å²) in [4.78, 5) is 0. The molecule has 0 aromatic heterocycles. The van der Waals surface area contributed by atoms with E-state index in [1.165, 1.54) is 0 Å². The first-order valence-electron chi connectivity index (χ1n) is 4.31. The van der Waals surface area contributed by atoms with Crippen molar-refractivity contribution in [3.8, 4) is 5.75 Å². The fourth-order valence-corrected chi connectivity index (χ4v) is 1.41. The summed E-state index contributed by atoms with van der Waals surface area (Å²) in [6.45, 7) is -0.0339. The Morgan fingerprint density at radius 1 is 1.36 bits per heavy atom. The SMILES string of the molecule is FCCCOc1ccc(CCl)cc1Cl. The van der Waals surface area contributed by atoms with Gasteiger partial charge in [-0.05, 0) is 17.7 Å². The van der Waals surface area contributed by atoms with Gasteiger partial charge in [0.15, 0.2) is 0 Å². The van der Waals surface area contributed by atoms with Crippen molar-refractivity contribution in [2.45, 2.75) is 12.3 Å². The molecule has 14 heavy (non-hydrogen) atoms.